The van der Waals surface area contributed by atoms with Crippen LogP contribution < -0.4 is 15.0 Å². The van der Waals surface area contributed by atoms with Gasteiger partial charge >= 0.3 is 12.8 Å². The van der Waals surface area contributed by atoms with Crippen LogP contribution in [0.4, 0.5) is 27.6 Å². The van der Waals surface area contributed by atoms with Crippen molar-refractivity contribution in [2.24, 2.45) is 7.05 Å². The maximum Gasteiger partial charge on any atom is 0.417 e. The minimum absolute atomic E-state index is 0.110. The molecule has 0 atom stereocenters. The minimum Gasteiger partial charge on any atom is -0.435 e. The second-order valence-corrected chi connectivity index (χ2v) is 7.83. The fourth-order valence-corrected chi connectivity index (χ4v) is 3.87. The summed E-state index contributed by atoms with van der Waals surface area (Å²) in [6.45, 7) is -3.12. The Morgan fingerprint density at radius 2 is 1.77 bits per heavy atom. The summed E-state index contributed by atoms with van der Waals surface area (Å²) in [6.07, 6.45) is -4.89. The van der Waals surface area contributed by atoms with Crippen molar-refractivity contribution in [1.82, 2.24) is 4.57 Å². The van der Waals surface area contributed by atoms with Crippen molar-refractivity contribution >= 4 is 26.6 Å². The van der Waals surface area contributed by atoms with Gasteiger partial charge in [0.25, 0.3) is 15.6 Å². The van der Waals surface area contributed by atoms with Gasteiger partial charge in [-0.05, 0) is 30.3 Å². The van der Waals surface area contributed by atoms with Crippen LogP contribution in [0.2, 0.25) is 0 Å². The number of nitrogens with one attached hydrogen (secondary N) is 1. The number of halogens is 5. The molecule has 0 saturated carbocycles. The van der Waals surface area contributed by atoms with Crippen LogP contribution in [0.1, 0.15) is 5.56 Å². The molecule has 0 saturated heterocycles. The van der Waals surface area contributed by atoms with Crippen molar-refractivity contribution in [3.8, 4) is 5.75 Å². The number of anilines is 1. The van der Waals surface area contributed by atoms with Gasteiger partial charge in [0.2, 0.25) is 0 Å². The molecule has 0 spiro atoms. The number of fused-ring (bicyclic) bond motifs is 1. The number of rotatable bonds is 5. The topological polar surface area (TPSA) is 77.4 Å². The first-order valence-corrected chi connectivity index (χ1v) is 9.65. The van der Waals surface area contributed by atoms with Crippen LogP contribution in [0.3, 0.4) is 0 Å². The van der Waals surface area contributed by atoms with Gasteiger partial charge in [-0.2, -0.15) is 22.0 Å². The minimum atomic E-state index is -4.89. The number of sulfonamides is 1. The largest absolute Gasteiger partial charge is 0.435 e. The molecule has 0 aliphatic heterocycles. The van der Waals surface area contributed by atoms with E-state index < -0.39 is 44.2 Å². The average Bonchev–Trinajstić information content (AvgIpc) is 2.62. The third-order valence-corrected chi connectivity index (χ3v) is 5.52. The molecule has 30 heavy (non-hydrogen) atoms. The van der Waals surface area contributed by atoms with Crippen molar-refractivity contribution in [3.63, 3.8) is 0 Å². The van der Waals surface area contributed by atoms with Gasteiger partial charge in [0, 0.05) is 24.6 Å². The lowest BCUT2D eigenvalue weighted by Crippen LogP contribution is -2.21. The second-order valence-electron chi connectivity index (χ2n) is 6.14. The van der Waals surface area contributed by atoms with Crippen molar-refractivity contribution in [1.29, 1.82) is 0 Å². The normalized spacial score (nSPS) is 12.4. The third-order valence-electron chi connectivity index (χ3n) is 4.15. The molecule has 2 aromatic carbocycles. The smallest absolute Gasteiger partial charge is 0.417 e. The van der Waals surface area contributed by atoms with Crippen LogP contribution in [0.5, 0.6) is 5.75 Å². The number of nitrogens with zero attached hydrogens (tertiary/aromatic N) is 1. The van der Waals surface area contributed by atoms with E-state index in [4.69, 9.17) is 0 Å². The molecule has 0 aliphatic rings. The van der Waals surface area contributed by atoms with E-state index in [1.807, 2.05) is 0 Å². The molecule has 3 aromatic rings. The molecule has 0 unspecified atom stereocenters. The highest BCUT2D eigenvalue weighted by Gasteiger charge is 2.34. The van der Waals surface area contributed by atoms with Gasteiger partial charge in [0.1, 0.15) is 5.75 Å². The Bertz CT molecular complexity index is 1270. The number of benzene rings is 2. The molecular formula is C18H13F5N2O4S. The number of pyridine rings is 1. The molecule has 0 radical (unpaired) electrons. The predicted molar refractivity (Wildman–Crippen MR) is 98.1 cm³/mol. The molecule has 3 rings (SSSR count). The van der Waals surface area contributed by atoms with Gasteiger partial charge in [0.05, 0.1) is 21.7 Å². The Labute approximate surface area is 166 Å². The lowest BCUT2D eigenvalue weighted by Gasteiger charge is -2.15. The first kappa shape index (κ1) is 21.6. The van der Waals surface area contributed by atoms with Crippen LogP contribution in [-0.4, -0.2) is 19.6 Å². The van der Waals surface area contributed by atoms with Crippen LogP contribution in [0.15, 0.2) is 58.2 Å². The van der Waals surface area contributed by atoms with Crippen molar-refractivity contribution in [2.75, 3.05) is 4.72 Å². The number of alkyl halides is 5. The Kier molecular flexibility index (Phi) is 5.46. The van der Waals surface area contributed by atoms with Gasteiger partial charge in [-0.25, -0.2) is 8.42 Å². The predicted octanol–water partition coefficient (Wildman–Crippen LogP) is 3.96. The van der Waals surface area contributed by atoms with Gasteiger partial charge in [-0.3, -0.25) is 9.52 Å². The van der Waals surface area contributed by atoms with E-state index in [0.717, 1.165) is 28.8 Å². The van der Waals surface area contributed by atoms with E-state index in [2.05, 4.69) is 9.46 Å². The lowest BCUT2D eigenvalue weighted by molar-refractivity contribution is -0.136. The summed E-state index contributed by atoms with van der Waals surface area (Å²) in [4.78, 5) is 11.3. The number of hydrogen-bond acceptors (Lipinski definition) is 4. The third kappa shape index (κ3) is 4.37. The molecule has 12 heteroatoms. The van der Waals surface area contributed by atoms with E-state index in [1.54, 1.807) is 0 Å². The first-order valence-electron chi connectivity index (χ1n) is 8.17. The molecular weight excluding hydrogens is 435 g/mol. The van der Waals surface area contributed by atoms with Gasteiger partial charge in [-0.15, -0.1) is 0 Å². The Morgan fingerprint density at radius 1 is 1.07 bits per heavy atom. The van der Waals surface area contributed by atoms with Crippen LogP contribution in [-0.2, 0) is 23.2 Å². The van der Waals surface area contributed by atoms with E-state index in [9.17, 15) is 35.2 Å². The Morgan fingerprint density at radius 3 is 2.40 bits per heavy atom. The summed E-state index contributed by atoms with van der Waals surface area (Å²) < 4.78 is 97.3. The lowest BCUT2D eigenvalue weighted by atomic mass is 10.1. The molecule has 1 N–H and O–H groups in total. The Hall–Kier alpha value is -3.15. The number of aromatic nitrogens is 1. The zero-order chi connectivity index (χ0) is 22.3. The van der Waals surface area contributed by atoms with Crippen LogP contribution in [0.25, 0.3) is 10.9 Å². The molecule has 0 bridgehead atoms. The van der Waals surface area contributed by atoms with Gasteiger partial charge < -0.3 is 9.30 Å². The summed E-state index contributed by atoms with van der Waals surface area (Å²) in [6, 6.07) is 7.97. The highest BCUT2D eigenvalue weighted by Crippen LogP contribution is 2.35. The van der Waals surface area contributed by atoms with Crippen molar-refractivity contribution < 1.29 is 35.1 Å². The highest BCUT2D eigenvalue weighted by atomic mass is 32.2. The molecule has 160 valence electrons. The fourth-order valence-electron chi connectivity index (χ4n) is 2.79. The van der Waals surface area contributed by atoms with E-state index in [0.29, 0.717) is 6.07 Å². The molecule has 0 fully saturated rings. The van der Waals surface area contributed by atoms with Gasteiger partial charge in [0.15, 0.2) is 0 Å². The maximum atomic E-state index is 13.4. The summed E-state index contributed by atoms with van der Waals surface area (Å²) in [5.41, 5.74) is -2.42. The first-order chi connectivity index (χ1) is 13.9. The zero-order valence-electron chi connectivity index (χ0n) is 15.1. The molecule has 1 heterocycles. The quantitative estimate of drug-likeness (QED) is 0.600. The van der Waals surface area contributed by atoms with E-state index >= 15 is 0 Å². The maximum absolute atomic E-state index is 13.4. The zero-order valence-corrected chi connectivity index (χ0v) is 15.9. The van der Waals surface area contributed by atoms with Crippen LogP contribution in [0, 0.1) is 0 Å². The molecule has 6 nitrogen and oxygen atoms in total. The highest BCUT2D eigenvalue weighted by molar-refractivity contribution is 7.92. The van der Waals surface area contributed by atoms with Crippen molar-refractivity contribution in [3.05, 3.63) is 64.4 Å². The summed E-state index contributed by atoms with van der Waals surface area (Å²) in [5, 5.41) is -0.484. The monoisotopic (exact) mass is 448 g/mol. The summed E-state index contributed by atoms with van der Waals surface area (Å²) in [7, 11) is -3.13. The average molecular weight is 448 g/mol. The number of hydrogen-bond donors (Lipinski definition) is 1. The standard InChI is InChI=1S/C18H13F5N2O4S/c1-25-15-6-5-12(8-13(15)14(9-16(25)26)18(21,22)23)30(27,28)24-10-3-2-4-11(7-10)29-17(19)20/h2-9,17,24H,1H3. The van der Waals surface area contributed by atoms with E-state index in [-0.39, 0.29) is 17.0 Å². The molecule has 1 aromatic heterocycles. The number of ether oxygens (including phenoxy) is 1. The van der Waals surface area contributed by atoms with E-state index in [1.165, 1.54) is 25.2 Å². The van der Waals surface area contributed by atoms with Crippen LogP contribution >= 0.6 is 0 Å². The van der Waals surface area contributed by atoms with Gasteiger partial charge in [-0.1, -0.05) is 6.07 Å². The molecule has 0 aliphatic carbocycles. The fraction of sp³-hybridized carbons (Fsp3) is 0.167. The number of aryl methyl sites for hydroxylation is 1. The summed E-state index contributed by atoms with van der Waals surface area (Å²) >= 11 is 0. The molecule has 0 amide bonds. The van der Waals surface area contributed by atoms with Crippen molar-refractivity contribution in [2.45, 2.75) is 17.7 Å². The SMILES string of the molecule is Cn1c(=O)cc(C(F)(F)F)c2cc(S(=O)(=O)Nc3cccc(OC(F)F)c3)ccc21. The Balaban J connectivity index is 2.08. The second kappa shape index (κ2) is 7.59. The summed E-state index contributed by atoms with van der Waals surface area (Å²) in [5.74, 6) is -0.307.